The first-order valence-electron chi connectivity index (χ1n) is 9.34. The molecule has 0 spiro atoms. The normalized spacial score (nSPS) is 16.4. The molecule has 2 aliphatic rings. The molecule has 28 heavy (non-hydrogen) atoms. The monoisotopic (exact) mass is 384 g/mol. The molecular formula is C20H21FN4O3. The molecule has 0 atom stereocenters. The van der Waals surface area contributed by atoms with Crippen LogP contribution in [0.15, 0.2) is 24.5 Å². The van der Waals surface area contributed by atoms with E-state index >= 15 is 0 Å². The summed E-state index contributed by atoms with van der Waals surface area (Å²) in [5.74, 6) is -0.928. The van der Waals surface area contributed by atoms with E-state index in [2.05, 4.69) is 15.3 Å². The van der Waals surface area contributed by atoms with E-state index in [-0.39, 0.29) is 24.1 Å². The number of carbonyl (C=O) groups excluding carboxylic acids is 2. The van der Waals surface area contributed by atoms with Gasteiger partial charge in [0.25, 0.3) is 11.8 Å². The second kappa shape index (κ2) is 7.53. The van der Waals surface area contributed by atoms with Crippen LogP contribution in [0.4, 0.5) is 4.39 Å². The minimum absolute atomic E-state index is 0.0233. The molecule has 0 unspecified atom stereocenters. The average molecular weight is 384 g/mol. The second-order valence-corrected chi connectivity index (χ2v) is 7.06. The Balaban J connectivity index is 1.53. The molecule has 1 aliphatic heterocycles. The molecule has 3 heterocycles. The fraction of sp³-hybridized carbons (Fsp3) is 0.400. The second-order valence-electron chi connectivity index (χ2n) is 7.06. The van der Waals surface area contributed by atoms with Gasteiger partial charge in [-0.3, -0.25) is 14.6 Å². The van der Waals surface area contributed by atoms with Crippen molar-refractivity contribution in [2.45, 2.75) is 44.8 Å². The van der Waals surface area contributed by atoms with Crippen molar-refractivity contribution in [3.8, 4) is 5.88 Å². The Morgan fingerprint density at radius 3 is 2.89 bits per heavy atom. The number of halogens is 1. The summed E-state index contributed by atoms with van der Waals surface area (Å²) in [6.07, 6.45) is 6.68. The van der Waals surface area contributed by atoms with Gasteiger partial charge in [0, 0.05) is 24.3 Å². The van der Waals surface area contributed by atoms with Gasteiger partial charge in [-0.1, -0.05) is 12.8 Å². The highest BCUT2D eigenvalue weighted by atomic mass is 19.1. The average Bonchev–Trinajstić information content (AvgIpc) is 3.34. The largest absolute Gasteiger partial charge is 0.481 e. The Labute approximate surface area is 161 Å². The number of methoxy groups -OCH3 is 1. The summed E-state index contributed by atoms with van der Waals surface area (Å²) in [5.41, 5.74) is 1.73. The molecule has 0 saturated heterocycles. The van der Waals surface area contributed by atoms with Crippen LogP contribution in [-0.2, 0) is 13.1 Å². The molecule has 1 N–H and O–H groups in total. The lowest BCUT2D eigenvalue weighted by molar-refractivity contribution is 0.0706. The molecule has 2 aromatic rings. The van der Waals surface area contributed by atoms with E-state index in [1.54, 1.807) is 6.07 Å². The molecule has 1 fully saturated rings. The number of fused-ring (bicyclic) bond motifs is 1. The Morgan fingerprint density at radius 2 is 2.18 bits per heavy atom. The van der Waals surface area contributed by atoms with Gasteiger partial charge < -0.3 is 15.0 Å². The van der Waals surface area contributed by atoms with Gasteiger partial charge in [-0.2, -0.15) is 0 Å². The van der Waals surface area contributed by atoms with Crippen molar-refractivity contribution in [3.05, 3.63) is 52.7 Å². The van der Waals surface area contributed by atoms with Crippen LogP contribution in [0.2, 0.25) is 0 Å². The lowest BCUT2D eigenvalue weighted by Crippen LogP contribution is -2.33. The van der Waals surface area contributed by atoms with Crippen molar-refractivity contribution in [1.82, 2.24) is 20.2 Å². The molecule has 4 rings (SSSR count). The lowest BCUT2D eigenvalue weighted by Gasteiger charge is -2.22. The zero-order valence-corrected chi connectivity index (χ0v) is 15.6. The highest BCUT2D eigenvalue weighted by Gasteiger charge is 2.35. The van der Waals surface area contributed by atoms with Crippen LogP contribution in [0.25, 0.3) is 0 Å². The quantitative estimate of drug-likeness (QED) is 0.856. The number of nitrogens with zero attached hydrogens (tertiary/aromatic N) is 3. The third-order valence-electron chi connectivity index (χ3n) is 5.37. The third-order valence-corrected chi connectivity index (χ3v) is 5.37. The number of hydrogen-bond donors (Lipinski definition) is 1. The van der Waals surface area contributed by atoms with Crippen molar-refractivity contribution in [2.24, 2.45) is 0 Å². The Kier molecular flexibility index (Phi) is 4.93. The van der Waals surface area contributed by atoms with Crippen LogP contribution in [0, 0.1) is 5.82 Å². The Hall–Kier alpha value is -3.03. The molecule has 7 nitrogen and oxygen atoms in total. The molecule has 2 amide bonds. The minimum Gasteiger partial charge on any atom is -0.481 e. The first-order valence-corrected chi connectivity index (χ1v) is 9.34. The van der Waals surface area contributed by atoms with Gasteiger partial charge in [0.1, 0.15) is 0 Å². The standard InChI is InChI=1S/C20H21FN4O3/c1-28-19-12(9-23-18(26)14-6-7-22-10-16(14)21)8-15-17(24-19)11-25(20(15)27)13-4-2-3-5-13/h6-8,10,13H,2-5,9,11H2,1H3,(H,23,26). The maximum Gasteiger partial charge on any atom is 0.256 e. The van der Waals surface area contributed by atoms with E-state index in [1.807, 2.05) is 4.90 Å². The van der Waals surface area contributed by atoms with E-state index in [0.717, 1.165) is 31.9 Å². The van der Waals surface area contributed by atoms with E-state index in [0.29, 0.717) is 29.2 Å². The van der Waals surface area contributed by atoms with Crippen LogP contribution in [0.3, 0.4) is 0 Å². The first kappa shape index (κ1) is 18.3. The van der Waals surface area contributed by atoms with Crippen molar-refractivity contribution in [2.75, 3.05) is 7.11 Å². The van der Waals surface area contributed by atoms with Gasteiger partial charge in [-0.25, -0.2) is 9.37 Å². The van der Waals surface area contributed by atoms with Crippen molar-refractivity contribution < 1.29 is 18.7 Å². The van der Waals surface area contributed by atoms with Crippen molar-refractivity contribution in [3.63, 3.8) is 0 Å². The summed E-state index contributed by atoms with van der Waals surface area (Å²) in [5, 5.41) is 2.65. The molecule has 0 aromatic carbocycles. The third kappa shape index (κ3) is 3.30. The summed E-state index contributed by atoms with van der Waals surface area (Å²) in [4.78, 5) is 35.1. The lowest BCUT2D eigenvalue weighted by atomic mass is 10.1. The van der Waals surface area contributed by atoms with Crippen LogP contribution in [-0.4, -0.2) is 39.8 Å². The van der Waals surface area contributed by atoms with Gasteiger partial charge in [0.05, 0.1) is 36.7 Å². The summed E-state index contributed by atoms with van der Waals surface area (Å²) >= 11 is 0. The van der Waals surface area contributed by atoms with Gasteiger partial charge in [0.2, 0.25) is 5.88 Å². The van der Waals surface area contributed by atoms with Crippen LogP contribution >= 0.6 is 0 Å². The van der Waals surface area contributed by atoms with Gasteiger partial charge >= 0.3 is 0 Å². The van der Waals surface area contributed by atoms with Gasteiger partial charge in [0.15, 0.2) is 5.82 Å². The van der Waals surface area contributed by atoms with Gasteiger partial charge in [-0.15, -0.1) is 0 Å². The molecule has 0 bridgehead atoms. The van der Waals surface area contributed by atoms with Crippen LogP contribution in [0.1, 0.15) is 57.7 Å². The maximum absolute atomic E-state index is 13.7. The fourth-order valence-electron chi connectivity index (χ4n) is 3.91. The van der Waals surface area contributed by atoms with Crippen molar-refractivity contribution in [1.29, 1.82) is 0 Å². The van der Waals surface area contributed by atoms with Crippen LogP contribution in [0.5, 0.6) is 5.88 Å². The van der Waals surface area contributed by atoms with Crippen molar-refractivity contribution >= 4 is 11.8 Å². The zero-order chi connectivity index (χ0) is 19.7. The summed E-state index contributed by atoms with van der Waals surface area (Å²) in [7, 11) is 1.49. The van der Waals surface area contributed by atoms with E-state index in [9.17, 15) is 14.0 Å². The first-order chi connectivity index (χ1) is 13.6. The topological polar surface area (TPSA) is 84.4 Å². The molecule has 0 radical (unpaired) electrons. The molecule has 146 valence electrons. The zero-order valence-electron chi connectivity index (χ0n) is 15.6. The number of amides is 2. The highest BCUT2D eigenvalue weighted by Crippen LogP contribution is 2.33. The number of hydrogen-bond acceptors (Lipinski definition) is 5. The predicted molar refractivity (Wildman–Crippen MR) is 98.3 cm³/mol. The molecule has 1 saturated carbocycles. The summed E-state index contributed by atoms with van der Waals surface area (Å²) < 4.78 is 19.1. The fourth-order valence-corrected chi connectivity index (χ4v) is 3.91. The summed E-state index contributed by atoms with van der Waals surface area (Å²) in [6, 6.07) is 3.30. The van der Waals surface area contributed by atoms with E-state index < -0.39 is 11.7 Å². The number of carbonyl (C=O) groups is 2. The maximum atomic E-state index is 13.7. The Bertz CT molecular complexity index is 928. The predicted octanol–water partition coefficient (Wildman–Crippen LogP) is 2.45. The molecule has 2 aromatic heterocycles. The SMILES string of the molecule is COc1nc2c(cc1CNC(=O)c1ccncc1F)C(=O)N(C1CCCC1)C2. The van der Waals surface area contributed by atoms with E-state index in [4.69, 9.17) is 4.74 Å². The number of rotatable bonds is 5. The summed E-state index contributed by atoms with van der Waals surface area (Å²) in [6.45, 7) is 0.560. The highest BCUT2D eigenvalue weighted by molar-refractivity contribution is 5.98. The van der Waals surface area contributed by atoms with Gasteiger partial charge in [-0.05, 0) is 25.0 Å². The number of pyridine rings is 2. The Morgan fingerprint density at radius 1 is 1.39 bits per heavy atom. The molecular weight excluding hydrogens is 363 g/mol. The smallest absolute Gasteiger partial charge is 0.256 e. The number of ether oxygens (including phenoxy) is 1. The molecule has 1 aliphatic carbocycles. The number of nitrogens with one attached hydrogen (secondary N) is 1. The van der Waals surface area contributed by atoms with E-state index in [1.165, 1.54) is 19.4 Å². The molecule has 8 heteroatoms. The van der Waals surface area contributed by atoms with Crippen LogP contribution < -0.4 is 10.1 Å². The minimum atomic E-state index is -0.693. The number of aromatic nitrogens is 2.